The zero-order valence-electron chi connectivity index (χ0n) is 18.7. The van der Waals surface area contributed by atoms with Crippen LogP contribution in [-0.4, -0.2) is 62.7 Å². The van der Waals surface area contributed by atoms with Crippen LogP contribution < -0.4 is 4.80 Å². The largest absolute Gasteiger partial charge is 0.380 e. The van der Waals surface area contributed by atoms with Gasteiger partial charge in [0.2, 0.25) is 10.0 Å². The lowest BCUT2D eigenvalue weighted by Gasteiger charge is -2.26. The van der Waals surface area contributed by atoms with E-state index in [-0.39, 0.29) is 4.90 Å². The Kier molecular flexibility index (Phi) is 7.40. The first-order valence-electron chi connectivity index (χ1n) is 10.9. The number of ether oxygens (including phenoxy) is 2. The molecule has 2 heterocycles. The second-order valence-corrected chi connectivity index (χ2v) is 10.6. The van der Waals surface area contributed by atoms with E-state index in [1.807, 2.05) is 36.6 Å². The summed E-state index contributed by atoms with van der Waals surface area (Å²) in [6.07, 6.45) is 0. The summed E-state index contributed by atoms with van der Waals surface area (Å²) in [5, 5.41) is 0. The van der Waals surface area contributed by atoms with E-state index in [9.17, 15) is 13.2 Å². The van der Waals surface area contributed by atoms with Crippen LogP contribution in [0.1, 0.15) is 22.8 Å². The number of sulfonamides is 1. The van der Waals surface area contributed by atoms with Crippen LogP contribution in [0.4, 0.5) is 0 Å². The Balaban J connectivity index is 1.64. The van der Waals surface area contributed by atoms with Gasteiger partial charge in [0.05, 0.1) is 34.9 Å². The van der Waals surface area contributed by atoms with Gasteiger partial charge in [0.15, 0.2) is 4.80 Å². The molecule has 1 aromatic heterocycles. The third-order valence-electron chi connectivity index (χ3n) is 5.47. The maximum atomic E-state index is 12.9. The van der Waals surface area contributed by atoms with Gasteiger partial charge in [-0.15, -0.1) is 0 Å². The van der Waals surface area contributed by atoms with Gasteiger partial charge in [-0.05, 0) is 49.7 Å². The molecule has 1 amide bonds. The van der Waals surface area contributed by atoms with Crippen molar-refractivity contribution in [3.8, 4) is 0 Å². The summed E-state index contributed by atoms with van der Waals surface area (Å²) >= 11 is 1.45. The molecule has 0 bridgehead atoms. The fourth-order valence-electron chi connectivity index (χ4n) is 3.76. The second kappa shape index (κ2) is 10.3. The van der Waals surface area contributed by atoms with Gasteiger partial charge < -0.3 is 14.0 Å². The molecule has 0 N–H and O–H groups in total. The average molecular weight is 490 g/mol. The molecular formula is C23H27N3O5S2. The van der Waals surface area contributed by atoms with Gasteiger partial charge in [-0.3, -0.25) is 4.79 Å². The summed E-state index contributed by atoms with van der Waals surface area (Å²) in [7, 11) is -3.61. The normalized spacial score (nSPS) is 15.9. The van der Waals surface area contributed by atoms with Crippen LogP contribution in [0.15, 0.2) is 52.4 Å². The SMILES string of the molecule is CCOCCn1c(=NC(=O)c2ccc(S(=O)(=O)N3CCOCC3)cc2)sc2cccc(C)c21. The Morgan fingerprint density at radius 3 is 2.58 bits per heavy atom. The highest BCUT2D eigenvalue weighted by Crippen LogP contribution is 2.21. The number of hydrogen-bond acceptors (Lipinski definition) is 6. The molecule has 2 aromatic carbocycles. The minimum absolute atomic E-state index is 0.158. The van der Waals surface area contributed by atoms with Gasteiger partial charge in [0.25, 0.3) is 5.91 Å². The highest BCUT2D eigenvalue weighted by molar-refractivity contribution is 7.89. The number of carbonyl (C=O) groups is 1. The molecule has 1 saturated heterocycles. The number of thiazole rings is 1. The first-order valence-corrected chi connectivity index (χ1v) is 13.1. The fraction of sp³-hybridized carbons (Fsp3) is 0.391. The summed E-state index contributed by atoms with van der Waals surface area (Å²) in [5.74, 6) is -0.417. The van der Waals surface area contributed by atoms with E-state index in [0.29, 0.717) is 56.4 Å². The molecule has 176 valence electrons. The molecule has 0 saturated carbocycles. The number of para-hydroxylation sites is 1. The number of morpholine rings is 1. The van der Waals surface area contributed by atoms with Crippen molar-refractivity contribution in [2.45, 2.75) is 25.3 Å². The molecule has 4 rings (SSSR count). The van der Waals surface area contributed by atoms with Gasteiger partial charge in [0, 0.05) is 31.8 Å². The van der Waals surface area contributed by atoms with Crippen LogP contribution in [0, 0.1) is 6.92 Å². The minimum Gasteiger partial charge on any atom is -0.380 e. The lowest BCUT2D eigenvalue weighted by atomic mass is 10.2. The van der Waals surface area contributed by atoms with Crippen molar-refractivity contribution in [1.29, 1.82) is 0 Å². The molecule has 1 aliphatic rings. The Hall–Kier alpha value is -2.37. The summed E-state index contributed by atoms with van der Waals surface area (Å²) in [5.41, 5.74) is 2.48. The van der Waals surface area contributed by atoms with Crippen molar-refractivity contribution in [2.75, 3.05) is 39.5 Å². The summed E-state index contributed by atoms with van der Waals surface area (Å²) in [6.45, 7) is 7.11. The van der Waals surface area contributed by atoms with Crippen LogP contribution in [0.3, 0.4) is 0 Å². The number of rotatable bonds is 7. The minimum atomic E-state index is -3.61. The second-order valence-electron chi connectivity index (χ2n) is 7.61. The predicted molar refractivity (Wildman–Crippen MR) is 127 cm³/mol. The van der Waals surface area contributed by atoms with Crippen LogP contribution in [0.25, 0.3) is 10.2 Å². The molecule has 0 atom stereocenters. The predicted octanol–water partition coefficient (Wildman–Crippen LogP) is 2.81. The molecule has 3 aromatic rings. The van der Waals surface area contributed by atoms with Gasteiger partial charge in [0.1, 0.15) is 0 Å². The fourth-order valence-corrected chi connectivity index (χ4v) is 6.30. The number of benzene rings is 2. The first kappa shape index (κ1) is 23.8. The van der Waals surface area contributed by atoms with E-state index in [4.69, 9.17) is 9.47 Å². The molecule has 10 heteroatoms. The van der Waals surface area contributed by atoms with E-state index in [0.717, 1.165) is 15.8 Å². The van der Waals surface area contributed by atoms with E-state index in [1.165, 1.54) is 39.9 Å². The Labute approximate surface area is 197 Å². The van der Waals surface area contributed by atoms with Crippen LogP contribution in [0.2, 0.25) is 0 Å². The standard InChI is InChI=1S/C23H27N3O5S2/c1-3-30-16-13-26-21-17(2)5-4-6-20(21)32-23(26)24-22(27)18-7-9-19(10-8-18)33(28,29)25-11-14-31-15-12-25/h4-10H,3,11-16H2,1-2H3. The number of hydrogen-bond donors (Lipinski definition) is 0. The molecule has 0 unspecified atom stereocenters. The van der Waals surface area contributed by atoms with Crippen molar-refractivity contribution in [2.24, 2.45) is 4.99 Å². The Bertz CT molecular complexity index is 1300. The van der Waals surface area contributed by atoms with E-state index >= 15 is 0 Å². The zero-order chi connectivity index (χ0) is 23.4. The average Bonchev–Trinajstić information content (AvgIpc) is 3.18. The number of amides is 1. The monoisotopic (exact) mass is 489 g/mol. The molecule has 1 fully saturated rings. The number of fused-ring (bicyclic) bond motifs is 1. The van der Waals surface area contributed by atoms with Gasteiger partial charge in [-0.2, -0.15) is 9.30 Å². The lowest BCUT2D eigenvalue weighted by molar-refractivity contribution is 0.0730. The van der Waals surface area contributed by atoms with Crippen molar-refractivity contribution >= 4 is 37.5 Å². The van der Waals surface area contributed by atoms with Crippen molar-refractivity contribution in [1.82, 2.24) is 8.87 Å². The Morgan fingerprint density at radius 1 is 1.15 bits per heavy atom. The third-order valence-corrected chi connectivity index (χ3v) is 8.43. The number of nitrogens with zero attached hydrogens (tertiary/aromatic N) is 3. The molecule has 8 nitrogen and oxygen atoms in total. The van der Waals surface area contributed by atoms with Crippen LogP contribution >= 0.6 is 11.3 Å². The molecule has 0 aliphatic carbocycles. The van der Waals surface area contributed by atoms with Crippen LogP contribution in [0.5, 0.6) is 0 Å². The highest BCUT2D eigenvalue weighted by Gasteiger charge is 2.26. The van der Waals surface area contributed by atoms with Gasteiger partial charge in [-0.1, -0.05) is 23.5 Å². The molecule has 33 heavy (non-hydrogen) atoms. The maximum absolute atomic E-state index is 12.9. The van der Waals surface area contributed by atoms with Crippen molar-refractivity contribution in [3.63, 3.8) is 0 Å². The number of carbonyl (C=O) groups excluding carboxylic acids is 1. The van der Waals surface area contributed by atoms with Crippen LogP contribution in [-0.2, 0) is 26.0 Å². The summed E-state index contributed by atoms with van der Waals surface area (Å²) in [4.78, 5) is 18.1. The molecule has 0 radical (unpaired) electrons. The Morgan fingerprint density at radius 2 is 1.88 bits per heavy atom. The number of aromatic nitrogens is 1. The first-order chi connectivity index (χ1) is 15.9. The number of aryl methyl sites for hydroxylation is 1. The zero-order valence-corrected chi connectivity index (χ0v) is 20.3. The summed E-state index contributed by atoms with van der Waals surface area (Å²) in [6, 6.07) is 12.0. The third kappa shape index (κ3) is 5.10. The van der Waals surface area contributed by atoms with E-state index < -0.39 is 15.9 Å². The van der Waals surface area contributed by atoms with E-state index in [1.54, 1.807) is 0 Å². The smallest absolute Gasteiger partial charge is 0.279 e. The topological polar surface area (TPSA) is 90.2 Å². The van der Waals surface area contributed by atoms with E-state index in [2.05, 4.69) is 4.99 Å². The van der Waals surface area contributed by atoms with Crippen molar-refractivity contribution < 1.29 is 22.7 Å². The quantitative estimate of drug-likeness (QED) is 0.476. The summed E-state index contributed by atoms with van der Waals surface area (Å²) < 4.78 is 40.8. The molecule has 1 aliphatic heterocycles. The maximum Gasteiger partial charge on any atom is 0.279 e. The molecular weight excluding hydrogens is 462 g/mol. The molecule has 0 spiro atoms. The van der Waals surface area contributed by atoms with Gasteiger partial charge in [-0.25, -0.2) is 8.42 Å². The van der Waals surface area contributed by atoms with Crippen molar-refractivity contribution in [3.05, 3.63) is 58.4 Å². The lowest BCUT2D eigenvalue weighted by Crippen LogP contribution is -2.40. The van der Waals surface area contributed by atoms with Gasteiger partial charge >= 0.3 is 0 Å². The highest BCUT2D eigenvalue weighted by atomic mass is 32.2.